The van der Waals surface area contributed by atoms with Crippen LogP contribution in [-0.2, 0) is 4.79 Å². The largest absolute Gasteiger partial charge is 0.352 e. The topological polar surface area (TPSA) is 55.1 Å². The maximum absolute atomic E-state index is 11.3. The summed E-state index contributed by atoms with van der Waals surface area (Å²) in [5, 5.41) is 2.85. The summed E-state index contributed by atoms with van der Waals surface area (Å²) in [6.45, 7) is 7.90. The van der Waals surface area contributed by atoms with E-state index in [0.717, 1.165) is 6.42 Å². The summed E-state index contributed by atoms with van der Waals surface area (Å²) >= 11 is 0. The van der Waals surface area contributed by atoms with Crippen molar-refractivity contribution in [3.05, 3.63) is 0 Å². The Kier molecular flexibility index (Phi) is 8.37. The van der Waals surface area contributed by atoms with Crippen LogP contribution in [0.2, 0.25) is 0 Å². The van der Waals surface area contributed by atoms with Crippen LogP contribution in [0.15, 0.2) is 0 Å². The fraction of sp³-hybridized carbons (Fsp3) is 0.889. The van der Waals surface area contributed by atoms with Crippen LogP contribution in [0.3, 0.4) is 0 Å². The molecule has 0 aromatic heterocycles. The molecule has 0 saturated carbocycles. The zero-order valence-corrected chi connectivity index (χ0v) is 9.65. The second kappa shape index (κ2) is 7.15. The molecule has 0 aliphatic rings. The Morgan fingerprint density at radius 2 is 1.85 bits per heavy atom. The van der Waals surface area contributed by atoms with Crippen molar-refractivity contribution in [3.63, 3.8) is 0 Å². The molecule has 0 heterocycles. The summed E-state index contributed by atoms with van der Waals surface area (Å²) in [4.78, 5) is 11.3. The molecule has 2 unspecified atom stereocenters. The van der Waals surface area contributed by atoms with Crippen molar-refractivity contribution in [1.82, 2.24) is 5.32 Å². The van der Waals surface area contributed by atoms with E-state index < -0.39 is 0 Å². The van der Waals surface area contributed by atoms with Gasteiger partial charge in [0.1, 0.15) is 0 Å². The average Bonchev–Trinajstić information content (AvgIpc) is 2.02. The van der Waals surface area contributed by atoms with Gasteiger partial charge in [-0.25, -0.2) is 0 Å². The van der Waals surface area contributed by atoms with Crippen LogP contribution in [0.1, 0.15) is 34.1 Å². The number of nitrogens with one attached hydrogen (secondary N) is 1. The quantitative estimate of drug-likeness (QED) is 0.732. The van der Waals surface area contributed by atoms with Crippen LogP contribution in [0.5, 0.6) is 0 Å². The molecule has 0 spiro atoms. The van der Waals surface area contributed by atoms with Crippen molar-refractivity contribution in [3.8, 4) is 0 Å². The van der Waals surface area contributed by atoms with E-state index >= 15 is 0 Å². The summed E-state index contributed by atoms with van der Waals surface area (Å²) in [7, 11) is 0. The smallest absolute Gasteiger partial charge is 0.237 e. The molecule has 3 N–H and O–H groups in total. The molecule has 4 heteroatoms. The predicted molar refractivity (Wildman–Crippen MR) is 58.0 cm³/mol. The molecule has 1 amide bonds. The zero-order chi connectivity index (χ0) is 9.72. The molecule has 0 radical (unpaired) electrons. The third-order valence-corrected chi connectivity index (χ3v) is 2.02. The summed E-state index contributed by atoms with van der Waals surface area (Å²) in [6.07, 6.45) is 0.941. The SMILES string of the molecule is CCC(C)NC(=O)C(N)C(C)C.Cl. The van der Waals surface area contributed by atoms with Crippen LogP contribution in [0.4, 0.5) is 0 Å². The molecule has 0 aliphatic carbocycles. The molecule has 0 rings (SSSR count). The molecular formula is C9H21ClN2O. The maximum Gasteiger partial charge on any atom is 0.237 e. The van der Waals surface area contributed by atoms with Gasteiger partial charge >= 0.3 is 0 Å². The molecule has 0 saturated heterocycles. The molecule has 0 aromatic carbocycles. The number of hydrogen-bond donors (Lipinski definition) is 2. The molecule has 0 aliphatic heterocycles. The lowest BCUT2D eigenvalue weighted by Gasteiger charge is -2.18. The first-order valence-corrected chi connectivity index (χ1v) is 4.55. The Labute approximate surface area is 86.9 Å². The van der Waals surface area contributed by atoms with Gasteiger partial charge < -0.3 is 11.1 Å². The molecule has 80 valence electrons. The van der Waals surface area contributed by atoms with E-state index in [4.69, 9.17) is 5.73 Å². The van der Waals surface area contributed by atoms with Gasteiger partial charge in [-0.15, -0.1) is 12.4 Å². The van der Waals surface area contributed by atoms with Gasteiger partial charge in [0, 0.05) is 6.04 Å². The molecule has 0 aromatic rings. The van der Waals surface area contributed by atoms with Crippen LogP contribution in [-0.4, -0.2) is 18.0 Å². The highest BCUT2D eigenvalue weighted by molar-refractivity contribution is 5.85. The number of rotatable bonds is 4. The summed E-state index contributed by atoms with van der Waals surface area (Å²) in [6, 6.07) is -0.152. The molecule has 0 fully saturated rings. The van der Waals surface area contributed by atoms with Crippen molar-refractivity contribution in [2.75, 3.05) is 0 Å². The van der Waals surface area contributed by atoms with E-state index in [1.807, 2.05) is 27.7 Å². The van der Waals surface area contributed by atoms with E-state index in [9.17, 15) is 4.79 Å². The fourth-order valence-electron chi connectivity index (χ4n) is 0.744. The zero-order valence-electron chi connectivity index (χ0n) is 8.83. The number of amides is 1. The van der Waals surface area contributed by atoms with E-state index in [2.05, 4.69) is 5.32 Å². The van der Waals surface area contributed by atoms with Gasteiger partial charge in [0.05, 0.1) is 6.04 Å². The number of carbonyl (C=O) groups excluding carboxylic acids is 1. The minimum Gasteiger partial charge on any atom is -0.352 e. The van der Waals surface area contributed by atoms with Crippen LogP contribution in [0.25, 0.3) is 0 Å². The van der Waals surface area contributed by atoms with E-state index in [1.54, 1.807) is 0 Å². The third kappa shape index (κ3) is 5.88. The van der Waals surface area contributed by atoms with Crippen molar-refractivity contribution in [2.24, 2.45) is 11.7 Å². The Hall–Kier alpha value is -0.280. The monoisotopic (exact) mass is 208 g/mol. The molecular weight excluding hydrogens is 188 g/mol. The molecule has 0 bridgehead atoms. The van der Waals surface area contributed by atoms with Gasteiger partial charge in [-0.3, -0.25) is 4.79 Å². The standard InChI is InChI=1S/C9H20N2O.ClH/c1-5-7(4)11-9(12)8(10)6(2)3;/h6-8H,5,10H2,1-4H3,(H,11,12);1H. The molecule has 2 atom stereocenters. The lowest BCUT2D eigenvalue weighted by atomic mass is 10.0. The lowest BCUT2D eigenvalue weighted by Crippen LogP contribution is -2.46. The Morgan fingerprint density at radius 3 is 2.15 bits per heavy atom. The van der Waals surface area contributed by atoms with Crippen molar-refractivity contribution < 1.29 is 4.79 Å². The highest BCUT2D eigenvalue weighted by atomic mass is 35.5. The first-order valence-electron chi connectivity index (χ1n) is 4.55. The van der Waals surface area contributed by atoms with Gasteiger partial charge in [0.2, 0.25) is 5.91 Å². The first-order chi connectivity index (χ1) is 5.49. The van der Waals surface area contributed by atoms with Crippen LogP contribution in [0, 0.1) is 5.92 Å². The highest BCUT2D eigenvalue weighted by Crippen LogP contribution is 1.99. The summed E-state index contributed by atoms with van der Waals surface area (Å²) in [5.74, 6) is 0.161. The van der Waals surface area contributed by atoms with Crippen LogP contribution >= 0.6 is 12.4 Å². The van der Waals surface area contributed by atoms with Crippen molar-refractivity contribution in [2.45, 2.75) is 46.2 Å². The van der Waals surface area contributed by atoms with Gasteiger partial charge in [0.25, 0.3) is 0 Å². The highest BCUT2D eigenvalue weighted by Gasteiger charge is 2.17. The van der Waals surface area contributed by atoms with Gasteiger partial charge in [-0.1, -0.05) is 20.8 Å². The van der Waals surface area contributed by atoms with Crippen LogP contribution < -0.4 is 11.1 Å². The average molecular weight is 209 g/mol. The van der Waals surface area contributed by atoms with E-state index in [0.29, 0.717) is 0 Å². The van der Waals surface area contributed by atoms with Gasteiger partial charge in [0.15, 0.2) is 0 Å². The molecule has 13 heavy (non-hydrogen) atoms. The Bertz CT molecular complexity index is 151. The third-order valence-electron chi connectivity index (χ3n) is 2.02. The van der Waals surface area contributed by atoms with Gasteiger partial charge in [-0.05, 0) is 19.3 Å². The Balaban J connectivity index is 0. The number of carbonyl (C=O) groups is 1. The second-order valence-corrected chi connectivity index (χ2v) is 3.59. The number of hydrogen-bond acceptors (Lipinski definition) is 2. The number of nitrogens with two attached hydrogens (primary N) is 1. The van der Waals surface area contributed by atoms with E-state index in [-0.39, 0.29) is 36.3 Å². The fourth-order valence-corrected chi connectivity index (χ4v) is 0.744. The minimum atomic E-state index is -0.376. The molecule has 3 nitrogen and oxygen atoms in total. The van der Waals surface area contributed by atoms with Gasteiger partial charge in [-0.2, -0.15) is 0 Å². The maximum atomic E-state index is 11.3. The summed E-state index contributed by atoms with van der Waals surface area (Å²) < 4.78 is 0. The van der Waals surface area contributed by atoms with Crippen molar-refractivity contribution >= 4 is 18.3 Å². The Morgan fingerprint density at radius 1 is 1.38 bits per heavy atom. The number of halogens is 1. The van der Waals surface area contributed by atoms with Crippen molar-refractivity contribution in [1.29, 1.82) is 0 Å². The lowest BCUT2D eigenvalue weighted by molar-refractivity contribution is -0.123. The first kappa shape index (κ1) is 15.2. The minimum absolute atomic E-state index is 0. The summed E-state index contributed by atoms with van der Waals surface area (Å²) in [5.41, 5.74) is 5.65. The van der Waals surface area contributed by atoms with E-state index in [1.165, 1.54) is 0 Å². The predicted octanol–water partition coefficient (Wildman–Crippen LogP) is 1.31. The normalized spacial score (nSPS) is 14.6. The second-order valence-electron chi connectivity index (χ2n) is 3.59.